The first kappa shape index (κ1) is 12.2. The van der Waals surface area contributed by atoms with Gasteiger partial charge in [-0.3, -0.25) is 0 Å². The maximum absolute atomic E-state index is 8.92. The van der Waals surface area contributed by atoms with Gasteiger partial charge in [-0.2, -0.15) is 5.26 Å². The van der Waals surface area contributed by atoms with Crippen LogP contribution in [0.2, 0.25) is 0 Å². The van der Waals surface area contributed by atoms with Crippen LogP contribution in [0.25, 0.3) is 0 Å². The van der Waals surface area contributed by atoms with Crippen molar-refractivity contribution in [3.63, 3.8) is 0 Å². The van der Waals surface area contributed by atoms with Crippen LogP contribution in [0.4, 0.5) is 0 Å². The van der Waals surface area contributed by atoms with Gasteiger partial charge in [0.25, 0.3) is 0 Å². The van der Waals surface area contributed by atoms with E-state index in [1.807, 2.05) is 61.5 Å². The van der Waals surface area contributed by atoms with Gasteiger partial charge in [-0.1, -0.05) is 48.5 Å². The van der Waals surface area contributed by atoms with Crippen LogP contribution in [-0.4, -0.2) is 0 Å². The van der Waals surface area contributed by atoms with Crippen molar-refractivity contribution in [2.75, 3.05) is 0 Å². The minimum absolute atomic E-state index is 0.211. The molecule has 0 aliphatic carbocycles. The summed E-state index contributed by atoms with van der Waals surface area (Å²) in [5.74, 6) is 0.835. The summed E-state index contributed by atoms with van der Waals surface area (Å²) in [6.07, 6.45) is 0.135. The summed E-state index contributed by atoms with van der Waals surface area (Å²) in [6.45, 7) is 2.00. The van der Waals surface area contributed by atoms with E-state index in [2.05, 4.69) is 6.07 Å². The van der Waals surface area contributed by atoms with Crippen LogP contribution >= 0.6 is 0 Å². The molecule has 2 aromatic carbocycles. The second kappa shape index (κ2) is 5.88. The third kappa shape index (κ3) is 2.89. The normalized spacial score (nSPS) is 11.6. The molecule has 18 heavy (non-hydrogen) atoms. The molecule has 2 aromatic rings. The molecular formula is C16H15NO. The largest absolute Gasteiger partial charge is 0.484 e. The van der Waals surface area contributed by atoms with E-state index < -0.39 is 0 Å². The molecule has 0 bridgehead atoms. The highest BCUT2D eigenvalue weighted by Gasteiger charge is 2.13. The summed E-state index contributed by atoms with van der Waals surface area (Å²) in [7, 11) is 0. The molecule has 0 saturated carbocycles. The fourth-order valence-corrected chi connectivity index (χ4v) is 1.82. The van der Waals surface area contributed by atoms with Gasteiger partial charge in [-0.05, 0) is 24.1 Å². The number of rotatable bonds is 4. The second-order valence-electron chi connectivity index (χ2n) is 4.14. The lowest BCUT2D eigenvalue weighted by molar-refractivity contribution is 0.210. The van der Waals surface area contributed by atoms with Gasteiger partial charge >= 0.3 is 0 Å². The molecule has 0 saturated heterocycles. The first-order chi connectivity index (χ1) is 8.81. The molecular weight excluding hydrogens is 222 g/mol. The Balaban J connectivity index is 2.23. The van der Waals surface area contributed by atoms with Gasteiger partial charge in [-0.25, -0.2) is 0 Å². The van der Waals surface area contributed by atoms with Gasteiger partial charge in [0.2, 0.25) is 0 Å². The zero-order chi connectivity index (χ0) is 12.8. The van der Waals surface area contributed by atoms with Crippen molar-refractivity contribution < 1.29 is 4.74 Å². The van der Waals surface area contributed by atoms with Gasteiger partial charge in [0.15, 0.2) is 0 Å². The minimum Gasteiger partial charge on any atom is -0.484 e. The maximum Gasteiger partial charge on any atom is 0.137 e. The van der Waals surface area contributed by atoms with E-state index in [4.69, 9.17) is 10.00 Å². The summed E-state index contributed by atoms with van der Waals surface area (Å²) >= 11 is 0. The molecule has 0 unspecified atom stereocenters. The van der Waals surface area contributed by atoms with E-state index in [1.165, 1.54) is 0 Å². The lowest BCUT2D eigenvalue weighted by Crippen LogP contribution is -2.07. The Kier molecular flexibility index (Phi) is 3.98. The average molecular weight is 237 g/mol. The van der Waals surface area contributed by atoms with E-state index in [9.17, 15) is 0 Å². The summed E-state index contributed by atoms with van der Waals surface area (Å²) < 4.78 is 5.95. The number of nitriles is 1. The Morgan fingerprint density at radius 2 is 1.72 bits per heavy atom. The molecule has 0 aromatic heterocycles. The highest BCUT2D eigenvalue weighted by Crippen LogP contribution is 2.26. The maximum atomic E-state index is 8.92. The minimum atomic E-state index is -0.211. The highest BCUT2D eigenvalue weighted by molar-refractivity contribution is 5.33. The van der Waals surface area contributed by atoms with Crippen molar-refractivity contribution >= 4 is 0 Å². The topological polar surface area (TPSA) is 33.0 Å². The lowest BCUT2D eigenvalue weighted by atomic mass is 10.1. The van der Waals surface area contributed by atoms with Crippen LogP contribution in [0.1, 0.15) is 23.7 Å². The number of nitrogens with zero attached hydrogens (tertiary/aromatic N) is 1. The van der Waals surface area contributed by atoms with Crippen molar-refractivity contribution in [2.24, 2.45) is 0 Å². The predicted molar refractivity (Wildman–Crippen MR) is 71.2 cm³/mol. The van der Waals surface area contributed by atoms with Gasteiger partial charge in [0.05, 0.1) is 12.5 Å². The number of ether oxygens (including phenoxy) is 1. The van der Waals surface area contributed by atoms with E-state index in [0.29, 0.717) is 6.42 Å². The highest BCUT2D eigenvalue weighted by atomic mass is 16.5. The number of aryl methyl sites for hydroxylation is 1. The van der Waals surface area contributed by atoms with Crippen molar-refractivity contribution in [2.45, 2.75) is 19.4 Å². The molecule has 0 N–H and O–H groups in total. The molecule has 0 spiro atoms. The summed E-state index contributed by atoms with van der Waals surface area (Å²) in [5, 5.41) is 8.92. The van der Waals surface area contributed by atoms with E-state index in [1.54, 1.807) is 0 Å². The second-order valence-corrected chi connectivity index (χ2v) is 4.14. The third-order valence-electron chi connectivity index (χ3n) is 2.81. The average Bonchev–Trinajstić information content (AvgIpc) is 2.42. The molecule has 2 heteroatoms. The predicted octanol–water partition coefficient (Wildman–Crippen LogP) is 4.03. The third-order valence-corrected chi connectivity index (χ3v) is 2.81. The Bertz CT molecular complexity index is 543. The number of benzene rings is 2. The monoisotopic (exact) mass is 237 g/mol. The Hall–Kier alpha value is -2.27. The molecule has 2 nitrogen and oxygen atoms in total. The van der Waals surface area contributed by atoms with Gasteiger partial charge in [0, 0.05) is 0 Å². The van der Waals surface area contributed by atoms with E-state index >= 15 is 0 Å². The zero-order valence-electron chi connectivity index (χ0n) is 10.3. The van der Waals surface area contributed by atoms with Crippen LogP contribution in [-0.2, 0) is 0 Å². The number of para-hydroxylation sites is 1. The van der Waals surface area contributed by atoms with Crippen LogP contribution in [0, 0.1) is 18.3 Å². The van der Waals surface area contributed by atoms with Crippen LogP contribution in [0.5, 0.6) is 5.75 Å². The molecule has 0 aliphatic rings. The van der Waals surface area contributed by atoms with E-state index in [0.717, 1.165) is 16.9 Å². The molecule has 0 aliphatic heterocycles. The van der Waals surface area contributed by atoms with Crippen LogP contribution in [0.3, 0.4) is 0 Å². The first-order valence-electron chi connectivity index (χ1n) is 5.95. The first-order valence-corrected chi connectivity index (χ1v) is 5.95. The molecule has 0 fully saturated rings. The molecule has 90 valence electrons. The smallest absolute Gasteiger partial charge is 0.137 e. The lowest BCUT2D eigenvalue weighted by Gasteiger charge is -2.18. The van der Waals surface area contributed by atoms with Crippen molar-refractivity contribution in [3.8, 4) is 11.8 Å². The van der Waals surface area contributed by atoms with Gasteiger partial charge < -0.3 is 4.74 Å². The number of hydrogen-bond acceptors (Lipinski definition) is 2. The fraction of sp³-hybridized carbons (Fsp3) is 0.188. The van der Waals surface area contributed by atoms with E-state index in [-0.39, 0.29) is 6.10 Å². The van der Waals surface area contributed by atoms with Gasteiger partial charge in [-0.15, -0.1) is 0 Å². The molecule has 1 atom stereocenters. The molecule has 2 rings (SSSR count). The van der Waals surface area contributed by atoms with Crippen molar-refractivity contribution in [3.05, 3.63) is 65.7 Å². The fourth-order valence-electron chi connectivity index (χ4n) is 1.82. The molecule has 0 heterocycles. The SMILES string of the molecule is Cc1ccccc1O[C@@H](CC#N)c1ccccc1. The Labute approximate surface area is 107 Å². The summed E-state index contributed by atoms with van der Waals surface area (Å²) in [6, 6.07) is 19.9. The van der Waals surface area contributed by atoms with Gasteiger partial charge in [0.1, 0.15) is 11.9 Å². The Morgan fingerprint density at radius 3 is 2.39 bits per heavy atom. The Morgan fingerprint density at radius 1 is 1.06 bits per heavy atom. The number of hydrogen-bond donors (Lipinski definition) is 0. The van der Waals surface area contributed by atoms with Crippen molar-refractivity contribution in [1.29, 1.82) is 5.26 Å². The standard InChI is InChI=1S/C16H15NO/c1-13-7-5-6-10-15(13)18-16(11-12-17)14-8-3-2-4-9-14/h2-10,16H,11H2,1H3/t16-/m0/s1. The summed E-state index contributed by atoms with van der Waals surface area (Å²) in [5.41, 5.74) is 2.11. The van der Waals surface area contributed by atoms with Crippen LogP contribution < -0.4 is 4.74 Å². The summed E-state index contributed by atoms with van der Waals surface area (Å²) in [4.78, 5) is 0. The molecule has 0 amide bonds. The quantitative estimate of drug-likeness (QED) is 0.804. The zero-order valence-corrected chi connectivity index (χ0v) is 10.3. The molecule has 0 radical (unpaired) electrons. The van der Waals surface area contributed by atoms with Crippen LogP contribution in [0.15, 0.2) is 54.6 Å². The van der Waals surface area contributed by atoms with Crippen molar-refractivity contribution in [1.82, 2.24) is 0 Å².